The number of benzene rings is 2. The number of amides is 1. The van der Waals surface area contributed by atoms with Crippen molar-refractivity contribution in [3.05, 3.63) is 60.2 Å². The van der Waals surface area contributed by atoms with Crippen molar-refractivity contribution >= 4 is 33.8 Å². The molecule has 3 N–H and O–H groups in total. The second-order valence-corrected chi connectivity index (χ2v) is 7.61. The van der Waals surface area contributed by atoms with E-state index in [9.17, 15) is 13.2 Å². The molecule has 1 atom stereocenters. The maximum atomic E-state index is 12.4. The van der Waals surface area contributed by atoms with E-state index in [1.165, 1.54) is 7.11 Å². The van der Waals surface area contributed by atoms with Gasteiger partial charge in [-0.1, -0.05) is 30.3 Å². The number of anilines is 1. The Morgan fingerprint density at radius 2 is 1.85 bits per heavy atom. The number of halogens is 1. The lowest BCUT2D eigenvalue weighted by atomic mass is 10.2. The van der Waals surface area contributed by atoms with Gasteiger partial charge in [0, 0.05) is 19.3 Å². The standard InChI is InChI=1S/C18H22N2O4S.ClH/c1-24-16(12-19)11-18(21)20-15-7-5-6-14(10-15)13-25(22,23)17-8-3-2-4-9-17;/h2-10,16H,11-13,19H2,1H3,(H,20,21);1H. The third-order valence-electron chi connectivity index (χ3n) is 3.68. The zero-order valence-electron chi connectivity index (χ0n) is 14.4. The maximum Gasteiger partial charge on any atom is 0.227 e. The SMILES string of the molecule is COC(CN)CC(=O)Nc1cccc(CS(=O)(=O)c2ccccc2)c1.Cl. The zero-order valence-corrected chi connectivity index (χ0v) is 16.1. The van der Waals surface area contributed by atoms with Gasteiger partial charge in [0.15, 0.2) is 9.84 Å². The molecule has 0 saturated heterocycles. The lowest BCUT2D eigenvalue weighted by Gasteiger charge is -2.13. The van der Waals surface area contributed by atoms with Gasteiger partial charge in [-0.05, 0) is 29.8 Å². The van der Waals surface area contributed by atoms with Crippen LogP contribution in [0.2, 0.25) is 0 Å². The summed E-state index contributed by atoms with van der Waals surface area (Å²) in [7, 11) is -1.93. The van der Waals surface area contributed by atoms with Crippen LogP contribution in [0.3, 0.4) is 0 Å². The largest absolute Gasteiger partial charge is 0.380 e. The first-order valence-corrected chi connectivity index (χ1v) is 9.49. The highest BCUT2D eigenvalue weighted by molar-refractivity contribution is 7.90. The molecule has 0 radical (unpaired) electrons. The van der Waals surface area contributed by atoms with Crippen LogP contribution >= 0.6 is 12.4 Å². The summed E-state index contributed by atoms with van der Waals surface area (Å²) in [5, 5.41) is 2.74. The zero-order chi connectivity index (χ0) is 18.3. The van der Waals surface area contributed by atoms with Gasteiger partial charge in [-0.2, -0.15) is 0 Å². The Balaban J connectivity index is 0.00000338. The number of sulfone groups is 1. The second kappa shape index (κ2) is 10.3. The number of nitrogens with two attached hydrogens (primary N) is 1. The predicted octanol–water partition coefficient (Wildman–Crippen LogP) is 2.38. The molecule has 0 aliphatic rings. The number of methoxy groups -OCH3 is 1. The summed E-state index contributed by atoms with van der Waals surface area (Å²) in [4.78, 5) is 12.3. The number of hydrogen-bond donors (Lipinski definition) is 2. The molecule has 2 rings (SSSR count). The van der Waals surface area contributed by atoms with E-state index in [2.05, 4.69) is 5.32 Å². The third kappa shape index (κ3) is 6.42. The molecule has 0 heterocycles. The Kier molecular flexibility index (Phi) is 8.74. The lowest BCUT2D eigenvalue weighted by molar-refractivity contribution is -0.118. The summed E-state index contributed by atoms with van der Waals surface area (Å²) >= 11 is 0. The molecule has 6 nitrogen and oxygen atoms in total. The van der Waals surface area contributed by atoms with Gasteiger partial charge in [-0.15, -0.1) is 12.4 Å². The third-order valence-corrected chi connectivity index (χ3v) is 5.38. The fourth-order valence-electron chi connectivity index (χ4n) is 2.35. The van der Waals surface area contributed by atoms with Gasteiger partial charge >= 0.3 is 0 Å². The maximum absolute atomic E-state index is 12.4. The van der Waals surface area contributed by atoms with Crippen LogP contribution in [-0.2, 0) is 25.1 Å². The Bertz CT molecular complexity index is 809. The van der Waals surface area contributed by atoms with Gasteiger partial charge in [-0.3, -0.25) is 4.79 Å². The van der Waals surface area contributed by atoms with E-state index in [0.29, 0.717) is 11.3 Å². The first-order valence-electron chi connectivity index (χ1n) is 7.84. The van der Waals surface area contributed by atoms with E-state index in [4.69, 9.17) is 10.5 Å². The van der Waals surface area contributed by atoms with Gasteiger partial charge in [0.2, 0.25) is 5.91 Å². The monoisotopic (exact) mass is 398 g/mol. The first kappa shape index (κ1) is 22.1. The summed E-state index contributed by atoms with van der Waals surface area (Å²) in [6.45, 7) is 0.249. The normalized spacial score (nSPS) is 12.1. The molecule has 2 aromatic rings. The summed E-state index contributed by atoms with van der Waals surface area (Å²) < 4.78 is 30.0. The van der Waals surface area contributed by atoms with Crippen LogP contribution in [0.1, 0.15) is 12.0 Å². The Hall–Kier alpha value is -1.93. The van der Waals surface area contributed by atoms with Gasteiger partial charge in [0.1, 0.15) is 0 Å². The van der Waals surface area contributed by atoms with Crippen LogP contribution in [0, 0.1) is 0 Å². The minimum Gasteiger partial charge on any atom is -0.380 e. The fourth-order valence-corrected chi connectivity index (χ4v) is 3.71. The van der Waals surface area contributed by atoms with Gasteiger partial charge < -0.3 is 15.8 Å². The van der Waals surface area contributed by atoms with Crippen molar-refractivity contribution in [3.63, 3.8) is 0 Å². The van der Waals surface area contributed by atoms with Crippen LogP contribution < -0.4 is 11.1 Å². The molecule has 142 valence electrons. The van der Waals surface area contributed by atoms with Crippen LogP contribution in [0.4, 0.5) is 5.69 Å². The molecule has 1 unspecified atom stereocenters. The Morgan fingerprint density at radius 1 is 1.15 bits per heavy atom. The Labute approximate surface area is 160 Å². The van der Waals surface area contributed by atoms with Crippen molar-refractivity contribution in [2.75, 3.05) is 19.0 Å². The van der Waals surface area contributed by atoms with E-state index in [1.807, 2.05) is 0 Å². The van der Waals surface area contributed by atoms with Crippen molar-refractivity contribution < 1.29 is 17.9 Å². The number of carbonyl (C=O) groups excluding carboxylic acids is 1. The van der Waals surface area contributed by atoms with E-state index in [-0.39, 0.29) is 48.0 Å². The highest BCUT2D eigenvalue weighted by Gasteiger charge is 2.16. The molecule has 1 amide bonds. The quantitative estimate of drug-likeness (QED) is 0.711. The summed E-state index contributed by atoms with van der Waals surface area (Å²) in [6.07, 6.45) is -0.207. The topological polar surface area (TPSA) is 98.5 Å². The molecule has 26 heavy (non-hydrogen) atoms. The molecule has 0 fully saturated rings. The molecule has 2 aromatic carbocycles. The molecular weight excluding hydrogens is 376 g/mol. The molecule has 0 spiro atoms. The minimum absolute atomic E-state index is 0. The predicted molar refractivity (Wildman–Crippen MR) is 104 cm³/mol. The molecule has 0 aliphatic heterocycles. The molecule has 8 heteroatoms. The van der Waals surface area contributed by atoms with Crippen molar-refractivity contribution in [1.29, 1.82) is 0 Å². The van der Waals surface area contributed by atoms with E-state index >= 15 is 0 Å². The number of nitrogens with one attached hydrogen (secondary N) is 1. The average Bonchev–Trinajstić information content (AvgIpc) is 2.60. The minimum atomic E-state index is -3.43. The number of hydrogen-bond acceptors (Lipinski definition) is 5. The summed E-state index contributed by atoms with van der Waals surface area (Å²) in [6, 6.07) is 15.1. The fraction of sp³-hybridized carbons (Fsp3) is 0.278. The van der Waals surface area contributed by atoms with Crippen molar-refractivity contribution in [1.82, 2.24) is 0 Å². The average molecular weight is 399 g/mol. The molecule has 0 bridgehead atoms. The lowest BCUT2D eigenvalue weighted by Crippen LogP contribution is -2.28. The molecular formula is C18H23ClN2O4S. The highest BCUT2D eigenvalue weighted by Crippen LogP contribution is 2.19. The van der Waals surface area contributed by atoms with E-state index < -0.39 is 9.84 Å². The van der Waals surface area contributed by atoms with Gasteiger partial charge in [-0.25, -0.2) is 8.42 Å². The van der Waals surface area contributed by atoms with Crippen LogP contribution in [0.15, 0.2) is 59.5 Å². The van der Waals surface area contributed by atoms with Gasteiger partial charge in [0.25, 0.3) is 0 Å². The van der Waals surface area contributed by atoms with E-state index in [1.54, 1.807) is 54.6 Å². The van der Waals surface area contributed by atoms with Gasteiger partial charge in [0.05, 0.1) is 23.2 Å². The number of rotatable bonds is 8. The molecule has 0 aromatic heterocycles. The van der Waals surface area contributed by atoms with Crippen molar-refractivity contribution in [3.8, 4) is 0 Å². The van der Waals surface area contributed by atoms with Crippen LogP contribution in [-0.4, -0.2) is 34.1 Å². The second-order valence-electron chi connectivity index (χ2n) is 5.62. The molecule has 0 saturated carbocycles. The number of ether oxygens (including phenoxy) is 1. The number of carbonyl (C=O) groups is 1. The van der Waals surface area contributed by atoms with Crippen molar-refractivity contribution in [2.24, 2.45) is 5.73 Å². The van der Waals surface area contributed by atoms with Crippen molar-refractivity contribution in [2.45, 2.75) is 23.2 Å². The summed E-state index contributed by atoms with van der Waals surface area (Å²) in [5.74, 6) is -0.370. The first-order chi connectivity index (χ1) is 11.9. The smallest absolute Gasteiger partial charge is 0.227 e. The van der Waals surface area contributed by atoms with Crippen LogP contribution in [0.25, 0.3) is 0 Å². The van der Waals surface area contributed by atoms with E-state index in [0.717, 1.165) is 0 Å². The van der Waals surface area contributed by atoms with Crippen LogP contribution in [0.5, 0.6) is 0 Å². The molecule has 0 aliphatic carbocycles. The Morgan fingerprint density at radius 3 is 2.46 bits per heavy atom. The summed E-state index contributed by atoms with van der Waals surface area (Å²) in [5.41, 5.74) is 6.64. The highest BCUT2D eigenvalue weighted by atomic mass is 35.5.